The Bertz CT molecular complexity index is 1380. The van der Waals surface area contributed by atoms with Crippen LogP contribution in [0.1, 0.15) is 28.7 Å². The summed E-state index contributed by atoms with van der Waals surface area (Å²) in [5, 5.41) is 13.8. The van der Waals surface area contributed by atoms with Crippen LogP contribution in [0.2, 0.25) is 5.02 Å². The molecule has 0 unspecified atom stereocenters. The lowest BCUT2D eigenvalue weighted by molar-refractivity contribution is -0.139. The molecule has 0 spiro atoms. The minimum absolute atomic E-state index is 0.0580. The molecule has 37 heavy (non-hydrogen) atoms. The molecule has 4 aromatic rings. The van der Waals surface area contributed by atoms with Crippen molar-refractivity contribution in [1.29, 1.82) is 0 Å². The smallest absolute Gasteiger partial charge is 0.407 e. The Morgan fingerprint density at radius 3 is 2.03 bits per heavy atom. The normalized spacial score (nSPS) is 13.7. The summed E-state index contributed by atoms with van der Waals surface area (Å²) >= 11 is 6.25. The Kier molecular flexibility index (Phi) is 7.21. The molecule has 0 aliphatic heterocycles. The third kappa shape index (κ3) is 5.21. The number of benzene rings is 4. The predicted molar refractivity (Wildman–Crippen MR) is 140 cm³/mol. The average molecular weight is 514 g/mol. The van der Waals surface area contributed by atoms with Gasteiger partial charge in [-0.2, -0.15) is 0 Å². The number of aliphatic hydroxyl groups excluding tert-OH is 1. The van der Waals surface area contributed by atoms with E-state index in [1.54, 1.807) is 54.6 Å². The van der Waals surface area contributed by atoms with Crippen molar-refractivity contribution in [3.63, 3.8) is 0 Å². The first-order valence-corrected chi connectivity index (χ1v) is 12.2. The van der Waals surface area contributed by atoms with E-state index in [9.17, 15) is 14.7 Å². The van der Waals surface area contributed by atoms with Gasteiger partial charge < -0.3 is 19.9 Å². The van der Waals surface area contributed by atoms with Gasteiger partial charge in [0, 0.05) is 16.5 Å². The standard InChI is InChI=1S/C30H24ClNO5/c31-26-17-9-8-16-24(26)28(33)27(29(34)37-19-10-2-1-3-11-19)32-30(35)36-18-25-22-14-6-4-12-20(22)21-13-5-7-15-23(21)25/h1-17,25,27-28,33H,18H2,(H,32,35)/t27-,28-/m1/s1. The first-order valence-electron chi connectivity index (χ1n) is 11.8. The number of hydrogen-bond donors (Lipinski definition) is 2. The zero-order valence-corrected chi connectivity index (χ0v) is 20.5. The molecule has 2 N–H and O–H groups in total. The molecule has 0 saturated carbocycles. The molecule has 0 radical (unpaired) electrons. The lowest BCUT2D eigenvalue weighted by Crippen LogP contribution is -2.47. The van der Waals surface area contributed by atoms with Gasteiger partial charge in [-0.3, -0.25) is 0 Å². The van der Waals surface area contributed by atoms with Crippen LogP contribution in [0, 0.1) is 0 Å². The highest BCUT2D eigenvalue weighted by atomic mass is 35.5. The van der Waals surface area contributed by atoms with E-state index >= 15 is 0 Å². The number of aliphatic hydroxyl groups is 1. The van der Waals surface area contributed by atoms with Crippen molar-refractivity contribution < 1.29 is 24.2 Å². The fourth-order valence-corrected chi connectivity index (χ4v) is 4.84. The molecule has 0 bridgehead atoms. The number of carbonyl (C=O) groups excluding carboxylic acids is 2. The second kappa shape index (κ2) is 10.9. The van der Waals surface area contributed by atoms with Gasteiger partial charge in [0.25, 0.3) is 0 Å². The molecule has 5 rings (SSSR count). The third-order valence-electron chi connectivity index (χ3n) is 6.37. The molecule has 4 aromatic carbocycles. The average Bonchev–Trinajstić information content (AvgIpc) is 3.24. The molecule has 6 nitrogen and oxygen atoms in total. The van der Waals surface area contributed by atoms with Crippen molar-refractivity contribution in [3.05, 3.63) is 125 Å². The van der Waals surface area contributed by atoms with Crippen molar-refractivity contribution in [2.24, 2.45) is 0 Å². The number of hydrogen-bond acceptors (Lipinski definition) is 5. The minimum atomic E-state index is -1.47. The van der Waals surface area contributed by atoms with Crippen LogP contribution in [-0.2, 0) is 9.53 Å². The molecule has 0 fully saturated rings. The molecular weight excluding hydrogens is 490 g/mol. The van der Waals surface area contributed by atoms with Crippen molar-refractivity contribution in [3.8, 4) is 16.9 Å². The fourth-order valence-electron chi connectivity index (χ4n) is 4.60. The van der Waals surface area contributed by atoms with Crippen molar-refractivity contribution in [2.75, 3.05) is 6.61 Å². The molecule has 0 heterocycles. The number of halogens is 1. The molecule has 7 heteroatoms. The Hall–Kier alpha value is -4.13. The highest BCUT2D eigenvalue weighted by Crippen LogP contribution is 2.44. The zero-order valence-electron chi connectivity index (χ0n) is 19.7. The molecule has 0 aromatic heterocycles. The number of ether oxygens (including phenoxy) is 2. The Balaban J connectivity index is 1.34. The fraction of sp³-hybridized carbons (Fsp3) is 0.133. The van der Waals surface area contributed by atoms with E-state index in [2.05, 4.69) is 5.32 Å². The number of esters is 1. The van der Waals surface area contributed by atoms with Crippen LogP contribution < -0.4 is 10.1 Å². The summed E-state index contributed by atoms with van der Waals surface area (Å²) in [6.45, 7) is 0.0580. The van der Waals surface area contributed by atoms with Gasteiger partial charge in [0.05, 0.1) is 0 Å². The zero-order chi connectivity index (χ0) is 25.8. The van der Waals surface area contributed by atoms with Gasteiger partial charge in [0.2, 0.25) is 0 Å². The van der Waals surface area contributed by atoms with Crippen LogP contribution >= 0.6 is 11.6 Å². The number of para-hydroxylation sites is 1. The van der Waals surface area contributed by atoms with E-state index in [1.807, 2.05) is 48.5 Å². The molecular formula is C30H24ClNO5. The van der Waals surface area contributed by atoms with E-state index in [-0.39, 0.29) is 28.9 Å². The van der Waals surface area contributed by atoms with E-state index < -0.39 is 24.2 Å². The molecule has 1 aliphatic rings. The maximum Gasteiger partial charge on any atom is 0.407 e. The number of carbonyl (C=O) groups is 2. The Morgan fingerprint density at radius 2 is 1.38 bits per heavy atom. The summed E-state index contributed by atoms with van der Waals surface area (Å²) in [5.74, 6) is -0.730. The highest BCUT2D eigenvalue weighted by molar-refractivity contribution is 6.31. The summed E-state index contributed by atoms with van der Waals surface area (Å²) in [4.78, 5) is 26.0. The van der Waals surface area contributed by atoms with Gasteiger partial charge in [-0.15, -0.1) is 0 Å². The van der Waals surface area contributed by atoms with E-state index in [1.165, 1.54) is 0 Å². The summed E-state index contributed by atoms with van der Waals surface area (Å²) < 4.78 is 11.0. The van der Waals surface area contributed by atoms with Crippen LogP contribution in [0.15, 0.2) is 103 Å². The molecule has 186 valence electrons. The molecule has 1 aliphatic carbocycles. The lowest BCUT2D eigenvalue weighted by Gasteiger charge is -2.24. The van der Waals surface area contributed by atoms with Gasteiger partial charge >= 0.3 is 12.1 Å². The quantitative estimate of drug-likeness (QED) is 0.238. The summed E-state index contributed by atoms with van der Waals surface area (Å²) in [5.41, 5.74) is 4.61. The van der Waals surface area contributed by atoms with Crippen molar-refractivity contribution >= 4 is 23.7 Å². The van der Waals surface area contributed by atoms with Crippen LogP contribution in [0.5, 0.6) is 5.75 Å². The minimum Gasteiger partial charge on any atom is -0.449 e. The predicted octanol–water partition coefficient (Wildman–Crippen LogP) is 5.89. The lowest BCUT2D eigenvalue weighted by atomic mass is 9.98. The number of rotatable bonds is 7. The maximum absolute atomic E-state index is 13.1. The SMILES string of the molecule is O=C(N[C@@H](C(=O)Oc1ccccc1)[C@H](O)c1ccccc1Cl)OCC1c2ccccc2-c2ccccc21. The van der Waals surface area contributed by atoms with Gasteiger partial charge in [-0.1, -0.05) is 96.5 Å². The number of nitrogens with one attached hydrogen (secondary N) is 1. The number of amides is 1. The highest BCUT2D eigenvalue weighted by Gasteiger charge is 2.34. The van der Waals surface area contributed by atoms with Gasteiger partial charge in [-0.05, 0) is 40.5 Å². The second-order valence-electron chi connectivity index (χ2n) is 8.65. The number of alkyl carbamates (subject to hydrolysis) is 1. The molecule has 2 atom stereocenters. The topological polar surface area (TPSA) is 84.9 Å². The van der Waals surface area contributed by atoms with Crippen LogP contribution in [-0.4, -0.2) is 29.8 Å². The summed E-state index contributed by atoms with van der Waals surface area (Å²) in [7, 11) is 0. The first-order chi connectivity index (χ1) is 18.0. The van der Waals surface area contributed by atoms with Crippen molar-refractivity contribution in [1.82, 2.24) is 5.32 Å². The van der Waals surface area contributed by atoms with Crippen LogP contribution in [0.4, 0.5) is 4.79 Å². The largest absolute Gasteiger partial charge is 0.449 e. The monoisotopic (exact) mass is 513 g/mol. The van der Waals surface area contributed by atoms with E-state index in [0.29, 0.717) is 0 Å². The maximum atomic E-state index is 13.1. The molecule has 0 saturated heterocycles. The molecule has 1 amide bonds. The summed E-state index contributed by atoms with van der Waals surface area (Å²) in [6, 6.07) is 29.5. The van der Waals surface area contributed by atoms with Gasteiger partial charge in [0.1, 0.15) is 18.5 Å². The first kappa shape index (κ1) is 24.6. The second-order valence-corrected chi connectivity index (χ2v) is 9.06. The van der Waals surface area contributed by atoms with E-state index in [4.69, 9.17) is 21.1 Å². The third-order valence-corrected chi connectivity index (χ3v) is 6.72. The van der Waals surface area contributed by atoms with E-state index in [0.717, 1.165) is 22.3 Å². The van der Waals surface area contributed by atoms with Gasteiger partial charge in [0.15, 0.2) is 6.04 Å². The number of fused-ring (bicyclic) bond motifs is 3. The van der Waals surface area contributed by atoms with Gasteiger partial charge in [-0.25, -0.2) is 9.59 Å². The van der Waals surface area contributed by atoms with Crippen molar-refractivity contribution in [2.45, 2.75) is 18.1 Å². The summed E-state index contributed by atoms with van der Waals surface area (Å²) in [6.07, 6.45) is -2.33. The van der Waals surface area contributed by atoms with Crippen LogP contribution in [0.25, 0.3) is 11.1 Å². The Labute approximate surface area is 219 Å². The van der Waals surface area contributed by atoms with Crippen LogP contribution in [0.3, 0.4) is 0 Å². The Morgan fingerprint density at radius 1 is 0.811 bits per heavy atom.